The molecule has 3 aromatic rings. The van der Waals surface area contributed by atoms with Crippen molar-refractivity contribution in [3.05, 3.63) is 58.6 Å². The first-order valence-electron chi connectivity index (χ1n) is 12.2. The Bertz CT molecular complexity index is 1240. The van der Waals surface area contributed by atoms with Crippen LogP contribution in [0.2, 0.25) is 0 Å². The summed E-state index contributed by atoms with van der Waals surface area (Å²) in [5.41, 5.74) is 5.30. The van der Waals surface area contributed by atoms with E-state index in [2.05, 4.69) is 32.4 Å². The van der Waals surface area contributed by atoms with Gasteiger partial charge in [-0.2, -0.15) is 5.10 Å². The number of nitrogens with one attached hydrogen (secondary N) is 1. The quantitative estimate of drug-likeness (QED) is 0.556. The van der Waals surface area contributed by atoms with E-state index < -0.39 is 0 Å². The Kier molecular flexibility index (Phi) is 5.17. The van der Waals surface area contributed by atoms with Gasteiger partial charge in [0.25, 0.3) is 5.91 Å². The van der Waals surface area contributed by atoms with Crippen LogP contribution in [0.15, 0.2) is 24.7 Å². The second-order valence-electron chi connectivity index (χ2n) is 9.99. The highest BCUT2D eigenvalue weighted by Crippen LogP contribution is 2.46. The largest absolute Gasteiger partial charge is 0.396 e. The van der Waals surface area contributed by atoms with Crippen LogP contribution in [0.25, 0.3) is 0 Å². The molecule has 3 aromatic heterocycles. The fraction of sp³-hybridized carbons (Fsp3) is 0.520. The van der Waals surface area contributed by atoms with E-state index in [1.165, 1.54) is 12.1 Å². The lowest BCUT2D eigenvalue weighted by Gasteiger charge is -2.20. The average molecular weight is 462 g/mol. The van der Waals surface area contributed by atoms with Crippen molar-refractivity contribution in [1.29, 1.82) is 0 Å². The summed E-state index contributed by atoms with van der Waals surface area (Å²) < 4.78 is 3.81. The topological polar surface area (TPSA) is 101 Å². The summed E-state index contributed by atoms with van der Waals surface area (Å²) in [6.07, 6.45) is 7.05. The molecule has 34 heavy (non-hydrogen) atoms. The minimum atomic E-state index is -0.170. The van der Waals surface area contributed by atoms with Crippen molar-refractivity contribution in [3.63, 3.8) is 0 Å². The molecule has 3 aliphatic rings. The van der Waals surface area contributed by atoms with Gasteiger partial charge in [-0.25, -0.2) is 9.97 Å². The van der Waals surface area contributed by atoms with Crippen molar-refractivity contribution in [2.24, 2.45) is 18.9 Å². The van der Waals surface area contributed by atoms with E-state index in [0.717, 1.165) is 60.5 Å². The highest BCUT2D eigenvalue weighted by atomic mass is 16.3. The van der Waals surface area contributed by atoms with Crippen molar-refractivity contribution in [2.75, 3.05) is 24.6 Å². The monoisotopic (exact) mass is 461 g/mol. The Hall–Kier alpha value is -3.20. The predicted molar refractivity (Wildman–Crippen MR) is 127 cm³/mol. The van der Waals surface area contributed by atoms with Crippen LogP contribution in [-0.2, 0) is 26.4 Å². The predicted octanol–water partition coefficient (Wildman–Crippen LogP) is 1.78. The van der Waals surface area contributed by atoms with Gasteiger partial charge < -0.3 is 19.9 Å². The molecular weight excluding hydrogens is 430 g/mol. The molecule has 3 atom stereocenters. The number of hydrogen-bond acceptors (Lipinski definition) is 6. The molecule has 1 aliphatic heterocycles. The number of nitrogens with zero attached hydrogens (tertiary/aromatic N) is 6. The maximum atomic E-state index is 13.2. The van der Waals surface area contributed by atoms with Crippen LogP contribution in [-0.4, -0.2) is 55.0 Å². The van der Waals surface area contributed by atoms with Gasteiger partial charge in [-0.1, -0.05) is 6.07 Å². The van der Waals surface area contributed by atoms with E-state index in [0.29, 0.717) is 24.2 Å². The van der Waals surface area contributed by atoms with Crippen molar-refractivity contribution in [1.82, 2.24) is 29.6 Å². The Morgan fingerprint density at radius 3 is 2.85 bits per heavy atom. The van der Waals surface area contributed by atoms with E-state index in [1.807, 2.05) is 18.5 Å². The summed E-state index contributed by atoms with van der Waals surface area (Å²) in [7, 11) is 1.98. The number of carbonyl (C=O) groups is 1. The second kappa shape index (κ2) is 8.23. The molecule has 0 aromatic carbocycles. The fourth-order valence-electron chi connectivity index (χ4n) is 5.57. The number of imidazole rings is 1. The number of aromatic nitrogens is 5. The molecule has 1 unspecified atom stereocenters. The van der Waals surface area contributed by atoms with E-state index >= 15 is 0 Å². The number of amides is 1. The summed E-state index contributed by atoms with van der Waals surface area (Å²) in [4.78, 5) is 24.9. The Morgan fingerprint density at radius 1 is 1.26 bits per heavy atom. The van der Waals surface area contributed by atoms with Crippen molar-refractivity contribution >= 4 is 11.7 Å². The molecule has 6 rings (SSSR count). The van der Waals surface area contributed by atoms with Gasteiger partial charge in [0.15, 0.2) is 0 Å². The molecule has 0 spiro atoms. The second-order valence-corrected chi connectivity index (χ2v) is 9.99. The number of pyridine rings is 1. The number of aryl methyl sites for hydroxylation is 2. The first kappa shape index (κ1) is 21.3. The number of piperidine rings is 1. The molecule has 178 valence electrons. The third-order valence-electron chi connectivity index (χ3n) is 7.64. The van der Waals surface area contributed by atoms with Gasteiger partial charge in [0.2, 0.25) is 0 Å². The SMILES string of the molecule is Cc1nc(N2CC3C[C@H]3C2)ccc1Cn1cc(C(=O)N[C@@H]2CCc3c2ncn3C)c(CCO)n1. The fourth-order valence-corrected chi connectivity index (χ4v) is 5.57. The highest BCUT2D eigenvalue weighted by Gasteiger charge is 2.45. The molecule has 2 N–H and O–H groups in total. The van der Waals surface area contributed by atoms with Gasteiger partial charge in [-0.05, 0) is 49.7 Å². The lowest BCUT2D eigenvalue weighted by Crippen LogP contribution is -2.28. The van der Waals surface area contributed by atoms with Crippen LogP contribution in [0.4, 0.5) is 5.82 Å². The van der Waals surface area contributed by atoms with Crippen molar-refractivity contribution in [2.45, 2.75) is 45.2 Å². The molecule has 2 fully saturated rings. The molecule has 9 nitrogen and oxygen atoms in total. The van der Waals surface area contributed by atoms with Gasteiger partial charge in [-0.3, -0.25) is 9.48 Å². The lowest BCUT2D eigenvalue weighted by atomic mass is 10.1. The van der Waals surface area contributed by atoms with Crippen LogP contribution in [0.5, 0.6) is 0 Å². The number of hydrogen-bond donors (Lipinski definition) is 2. The van der Waals surface area contributed by atoms with Crippen LogP contribution in [0, 0.1) is 18.8 Å². The van der Waals surface area contributed by atoms with Gasteiger partial charge in [0.1, 0.15) is 5.82 Å². The number of anilines is 1. The summed E-state index contributed by atoms with van der Waals surface area (Å²) in [5, 5.41) is 17.3. The molecule has 1 saturated carbocycles. The maximum Gasteiger partial charge on any atom is 0.255 e. The Balaban J connectivity index is 1.18. The number of aliphatic hydroxyl groups is 1. The van der Waals surface area contributed by atoms with Crippen LogP contribution >= 0.6 is 0 Å². The zero-order valence-electron chi connectivity index (χ0n) is 19.7. The molecule has 9 heteroatoms. The molecule has 2 aliphatic carbocycles. The Labute approximate surface area is 198 Å². The van der Waals surface area contributed by atoms with E-state index in [4.69, 9.17) is 4.98 Å². The number of fused-ring (bicyclic) bond motifs is 2. The van der Waals surface area contributed by atoms with Crippen molar-refractivity contribution in [3.8, 4) is 0 Å². The third kappa shape index (κ3) is 3.77. The van der Waals surface area contributed by atoms with Gasteiger partial charge >= 0.3 is 0 Å². The molecule has 0 bridgehead atoms. The summed E-state index contributed by atoms with van der Waals surface area (Å²) in [6, 6.07) is 4.13. The third-order valence-corrected chi connectivity index (χ3v) is 7.64. The molecule has 1 amide bonds. The number of carbonyl (C=O) groups excluding carboxylic acids is 1. The lowest BCUT2D eigenvalue weighted by molar-refractivity contribution is 0.0934. The molecule has 0 radical (unpaired) electrons. The van der Waals surface area contributed by atoms with Gasteiger partial charge in [-0.15, -0.1) is 0 Å². The normalized spacial score (nSPS) is 22.7. The zero-order valence-corrected chi connectivity index (χ0v) is 19.7. The van der Waals surface area contributed by atoms with Crippen molar-refractivity contribution < 1.29 is 9.90 Å². The first-order valence-corrected chi connectivity index (χ1v) is 12.2. The standard InChI is InChI=1S/C25H31N7O2/c1-15-16(3-6-23(27-15)31-10-17-9-18(17)11-31)12-32-13-19(20(29-32)7-8-33)25(34)28-21-4-5-22-24(21)26-14-30(22)2/h3,6,13-14,17-18,21,33H,4-5,7-12H2,1-2H3,(H,28,34)/t17-,18?,21+/m0/s1. The Morgan fingerprint density at radius 2 is 2.09 bits per heavy atom. The van der Waals surface area contributed by atoms with E-state index in [9.17, 15) is 9.90 Å². The number of rotatable bonds is 7. The van der Waals surface area contributed by atoms with E-state index in [-0.39, 0.29) is 18.6 Å². The summed E-state index contributed by atoms with van der Waals surface area (Å²) >= 11 is 0. The first-order chi connectivity index (χ1) is 16.5. The summed E-state index contributed by atoms with van der Waals surface area (Å²) in [6.45, 7) is 4.76. The van der Waals surface area contributed by atoms with Gasteiger partial charge in [0.05, 0.1) is 35.9 Å². The smallest absolute Gasteiger partial charge is 0.255 e. The highest BCUT2D eigenvalue weighted by molar-refractivity contribution is 5.95. The van der Waals surface area contributed by atoms with Crippen LogP contribution in [0.1, 0.15) is 57.6 Å². The molecule has 1 saturated heterocycles. The maximum absolute atomic E-state index is 13.2. The number of aliphatic hydroxyl groups excluding tert-OH is 1. The van der Waals surface area contributed by atoms with Crippen LogP contribution in [0.3, 0.4) is 0 Å². The molecular formula is C25H31N7O2. The minimum Gasteiger partial charge on any atom is -0.396 e. The molecule has 4 heterocycles. The summed E-state index contributed by atoms with van der Waals surface area (Å²) in [5.74, 6) is 2.62. The zero-order chi connectivity index (χ0) is 23.4. The van der Waals surface area contributed by atoms with Crippen LogP contribution < -0.4 is 10.2 Å². The van der Waals surface area contributed by atoms with Gasteiger partial charge in [0, 0.05) is 50.7 Å². The minimum absolute atomic E-state index is 0.0573. The van der Waals surface area contributed by atoms with E-state index in [1.54, 1.807) is 17.2 Å². The average Bonchev–Trinajstić information content (AvgIpc) is 3.22.